The van der Waals surface area contributed by atoms with Crippen molar-refractivity contribution in [2.45, 2.75) is 0 Å². The summed E-state index contributed by atoms with van der Waals surface area (Å²) in [5.41, 5.74) is 7.23. The van der Waals surface area contributed by atoms with Crippen molar-refractivity contribution in [3.8, 4) is 39.9 Å². The number of methoxy groups -OCH3 is 4. The SMILES string of the molecule is COc1ccc(-c2c(C(N)=O)nnn2-c2cc(OC)c(OC)c(OC)c2)cc1. The van der Waals surface area contributed by atoms with Gasteiger partial charge in [0.1, 0.15) is 11.4 Å². The lowest BCUT2D eigenvalue weighted by molar-refractivity contribution is 0.0996. The van der Waals surface area contributed by atoms with E-state index < -0.39 is 5.91 Å². The summed E-state index contributed by atoms with van der Waals surface area (Å²) in [6.07, 6.45) is 0. The summed E-state index contributed by atoms with van der Waals surface area (Å²) in [4.78, 5) is 11.9. The summed E-state index contributed by atoms with van der Waals surface area (Å²) in [6, 6.07) is 10.5. The minimum absolute atomic E-state index is 0.0407. The second-order valence-electron chi connectivity index (χ2n) is 5.67. The van der Waals surface area contributed by atoms with E-state index in [9.17, 15) is 4.79 Å². The molecule has 1 heterocycles. The number of ether oxygens (including phenoxy) is 4. The van der Waals surface area contributed by atoms with Gasteiger partial charge in [-0.15, -0.1) is 5.10 Å². The third-order valence-electron chi connectivity index (χ3n) is 4.16. The van der Waals surface area contributed by atoms with Crippen LogP contribution >= 0.6 is 0 Å². The maximum atomic E-state index is 11.9. The van der Waals surface area contributed by atoms with Crippen LogP contribution in [0, 0.1) is 0 Å². The smallest absolute Gasteiger partial charge is 0.271 e. The molecule has 9 nitrogen and oxygen atoms in total. The minimum Gasteiger partial charge on any atom is -0.497 e. The summed E-state index contributed by atoms with van der Waals surface area (Å²) in [5, 5.41) is 8.07. The average molecular weight is 384 g/mol. The second-order valence-corrected chi connectivity index (χ2v) is 5.67. The highest BCUT2D eigenvalue weighted by Gasteiger charge is 2.22. The van der Waals surface area contributed by atoms with Gasteiger partial charge in [-0.1, -0.05) is 5.21 Å². The highest BCUT2D eigenvalue weighted by atomic mass is 16.5. The van der Waals surface area contributed by atoms with Gasteiger partial charge in [0, 0.05) is 17.7 Å². The van der Waals surface area contributed by atoms with E-state index in [1.54, 1.807) is 43.5 Å². The minimum atomic E-state index is -0.690. The maximum absolute atomic E-state index is 11.9. The van der Waals surface area contributed by atoms with Crippen LogP contribution in [0.1, 0.15) is 10.5 Å². The van der Waals surface area contributed by atoms with Crippen molar-refractivity contribution in [2.24, 2.45) is 5.73 Å². The summed E-state index contributed by atoms with van der Waals surface area (Å²) in [5.74, 6) is 1.30. The molecule has 9 heteroatoms. The van der Waals surface area contributed by atoms with Crippen LogP contribution in [-0.2, 0) is 0 Å². The molecular weight excluding hydrogens is 364 g/mol. The van der Waals surface area contributed by atoms with Crippen molar-refractivity contribution in [3.63, 3.8) is 0 Å². The monoisotopic (exact) mass is 384 g/mol. The number of aromatic nitrogens is 3. The molecule has 0 saturated carbocycles. The molecule has 1 aromatic heterocycles. The molecule has 0 aliphatic rings. The zero-order chi connectivity index (χ0) is 20.3. The lowest BCUT2D eigenvalue weighted by atomic mass is 10.1. The number of primary amides is 1. The van der Waals surface area contributed by atoms with E-state index in [1.807, 2.05) is 0 Å². The molecule has 1 amide bonds. The third kappa shape index (κ3) is 3.29. The first-order chi connectivity index (χ1) is 13.5. The Kier molecular flexibility index (Phi) is 5.35. The number of rotatable bonds is 7. The number of benzene rings is 2. The fourth-order valence-electron chi connectivity index (χ4n) is 2.83. The van der Waals surface area contributed by atoms with Gasteiger partial charge in [0.05, 0.1) is 34.1 Å². The van der Waals surface area contributed by atoms with E-state index in [2.05, 4.69) is 10.3 Å². The van der Waals surface area contributed by atoms with Gasteiger partial charge < -0.3 is 24.7 Å². The fourth-order valence-corrected chi connectivity index (χ4v) is 2.83. The second kappa shape index (κ2) is 7.87. The fraction of sp³-hybridized carbons (Fsp3) is 0.211. The van der Waals surface area contributed by atoms with Gasteiger partial charge in [-0.3, -0.25) is 4.79 Å². The number of nitrogens with two attached hydrogens (primary N) is 1. The molecule has 0 atom stereocenters. The number of amides is 1. The van der Waals surface area contributed by atoms with E-state index in [0.29, 0.717) is 39.9 Å². The molecule has 2 aromatic carbocycles. The number of hydrogen-bond donors (Lipinski definition) is 1. The van der Waals surface area contributed by atoms with Gasteiger partial charge in [0.2, 0.25) is 5.75 Å². The first-order valence-corrected chi connectivity index (χ1v) is 8.24. The summed E-state index contributed by atoms with van der Waals surface area (Å²) >= 11 is 0. The molecule has 0 spiro atoms. The van der Waals surface area contributed by atoms with E-state index in [1.165, 1.54) is 26.0 Å². The van der Waals surface area contributed by atoms with Gasteiger partial charge in [-0.2, -0.15) is 0 Å². The van der Waals surface area contributed by atoms with Crippen molar-refractivity contribution >= 4 is 5.91 Å². The summed E-state index contributed by atoms with van der Waals surface area (Å²) in [6.45, 7) is 0. The third-order valence-corrected chi connectivity index (χ3v) is 4.16. The summed E-state index contributed by atoms with van der Waals surface area (Å²) < 4.78 is 22.8. The summed E-state index contributed by atoms with van der Waals surface area (Å²) in [7, 11) is 6.12. The number of carbonyl (C=O) groups is 1. The zero-order valence-corrected chi connectivity index (χ0v) is 15.9. The molecular formula is C19H20N4O5. The molecule has 146 valence electrons. The van der Waals surface area contributed by atoms with Gasteiger partial charge in [-0.05, 0) is 24.3 Å². The first kappa shape index (κ1) is 19.0. The van der Waals surface area contributed by atoms with Crippen molar-refractivity contribution < 1.29 is 23.7 Å². The Morgan fingerprint density at radius 2 is 1.54 bits per heavy atom. The normalized spacial score (nSPS) is 10.4. The molecule has 0 fully saturated rings. The van der Waals surface area contributed by atoms with Crippen molar-refractivity contribution in [1.29, 1.82) is 0 Å². The number of carbonyl (C=O) groups excluding carboxylic acids is 1. The van der Waals surface area contributed by atoms with Gasteiger partial charge in [0.25, 0.3) is 5.91 Å². The molecule has 0 aliphatic carbocycles. The van der Waals surface area contributed by atoms with Crippen LogP contribution < -0.4 is 24.7 Å². The lowest BCUT2D eigenvalue weighted by Crippen LogP contribution is -2.13. The van der Waals surface area contributed by atoms with E-state index >= 15 is 0 Å². The van der Waals surface area contributed by atoms with Crippen molar-refractivity contribution in [1.82, 2.24) is 15.0 Å². The van der Waals surface area contributed by atoms with Crippen LogP contribution in [0.4, 0.5) is 0 Å². The van der Waals surface area contributed by atoms with Crippen LogP contribution in [0.3, 0.4) is 0 Å². The predicted molar refractivity (Wildman–Crippen MR) is 102 cm³/mol. The first-order valence-electron chi connectivity index (χ1n) is 8.24. The van der Waals surface area contributed by atoms with Crippen LogP contribution in [0.5, 0.6) is 23.0 Å². The standard InChI is InChI=1S/C19H20N4O5/c1-25-13-7-5-11(6-8-13)17-16(19(20)24)21-22-23(17)12-9-14(26-2)18(28-4)15(10-12)27-3/h5-10H,1-4H3,(H2,20,24). The van der Waals surface area contributed by atoms with E-state index in [4.69, 9.17) is 24.7 Å². The Labute approximate surface area is 161 Å². The zero-order valence-electron chi connectivity index (χ0n) is 15.9. The Hall–Kier alpha value is -3.75. The number of nitrogens with zero attached hydrogens (tertiary/aromatic N) is 3. The molecule has 3 aromatic rings. The molecule has 0 aliphatic heterocycles. The molecule has 0 saturated heterocycles. The average Bonchev–Trinajstić information content (AvgIpc) is 3.18. The van der Waals surface area contributed by atoms with Crippen LogP contribution in [-0.4, -0.2) is 49.3 Å². The van der Waals surface area contributed by atoms with Crippen molar-refractivity contribution in [2.75, 3.05) is 28.4 Å². The van der Waals surface area contributed by atoms with Gasteiger partial charge in [0.15, 0.2) is 17.2 Å². The van der Waals surface area contributed by atoms with E-state index in [-0.39, 0.29) is 5.69 Å². The Bertz CT molecular complexity index is 973. The van der Waals surface area contributed by atoms with E-state index in [0.717, 1.165) is 0 Å². The molecule has 3 rings (SSSR count). The van der Waals surface area contributed by atoms with Crippen LogP contribution in [0.2, 0.25) is 0 Å². The van der Waals surface area contributed by atoms with Gasteiger partial charge in [-0.25, -0.2) is 4.68 Å². The molecule has 2 N–H and O–H groups in total. The van der Waals surface area contributed by atoms with Crippen LogP contribution in [0.25, 0.3) is 16.9 Å². The lowest BCUT2D eigenvalue weighted by Gasteiger charge is -2.15. The molecule has 0 bridgehead atoms. The Morgan fingerprint density at radius 1 is 0.929 bits per heavy atom. The van der Waals surface area contributed by atoms with Gasteiger partial charge >= 0.3 is 0 Å². The highest BCUT2D eigenvalue weighted by molar-refractivity contribution is 5.97. The molecule has 0 unspecified atom stereocenters. The Balaban J connectivity index is 2.24. The molecule has 28 heavy (non-hydrogen) atoms. The topological polar surface area (TPSA) is 111 Å². The maximum Gasteiger partial charge on any atom is 0.271 e. The predicted octanol–water partition coefficient (Wildman–Crippen LogP) is 2.07. The number of hydrogen-bond acceptors (Lipinski definition) is 7. The molecule has 0 radical (unpaired) electrons. The Morgan fingerprint density at radius 3 is 2.00 bits per heavy atom. The quantitative estimate of drug-likeness (QED) is 0.664. The van der Waals surface area contributed by atoms with Crippen molar-refractivity contribution in [3.05, 3.63) is 42.1 Å². The highest BCUT2D eigenvalue weighted by Crippen LogP contribution is 2.40. The van der Waals surface area contributed by atoms with Crippen LogP contribution in [0.15, 0.2) is 36.4 Å². The largest absolute Gasteiger partial charge is 0.497 e.